The minimum atomic E-state index is -3.45. The van der Waals surface area contributed by atoms with Crippen molar-refractivity contribution in [3.8, 4) is 0 Å². The summed E-state index contributed by atoms with van der Waals surface area (Å²) in [5.41, 5.74) is 1.76. The van der Waals surface area contributed by atoms with Crippen LogP contribution in [0.4, 0.5) is 5.69 Å². The Hall–Kier alpha value is -1.56. The highest BCUT2D eigenvalue weighted by atomic mass is 32.2. The van der Waals surface area contributed by atoms with E-state index in [0.717, 1.165) is 31.2 Å². The fourth-order valence-electron chi connectivity index (χ4n) is 3.54. The molecule has 0 unspecified atom stereocenters. The summed E-state index contributed by atoms with van der Waals surface area (Å²) in [4.78, 5) is 12.3. The van der Waals surface area contributed by atoms with Gasteiger partial charge in [-0.15, -0.1) is 0 Å². The van der Waals surface area contributed by atoms with Crippen molar-refractivity contribution < 1.29 is 13.2 Å². The van der Waals surface area contributed by atoms with Crippen molar-refractivity contribution in [3.63, 3.8) is 0 Å². The molecule has 5 nitrogen and oxygen atoms in total. The third-order valence-corrected chi connectivity index (χ3v) is 6.38. The van der Waals surface area contributed by atoms with Crippen LogP contribution in [0, 0.1) is 0 Å². The highest BCUT2D eigenvalue weighted by Crippen LogP contribution is 2.26. The van der Waals surface area contributed by atoms with Crippen molar-refractivity contribution in [1.29, 1.82) is 0 Å². The first-order valence-electron chi connectivity index (χ1n) is 9.95. The topological polar surface area (TPSA) is 66.5 Å². The summed E-state index contributed by atoms with van der Waals surface area (Å²) in [6, 6.07) is 7.80. The summed E-state index contributed by atoms with van der Waals surface area (Å²) in [5.74, 6) is -0.0677. The van der Waals surface area contributed by atoms with E-state index in [0.29, 0.717) is 5.69 Å². The third kappa shape index (κ3) is 6.83. The van der Waals surface area contributed by atoms with E-state index in [1.54, 1.807) is 0 Å². The van der Waals surface area contributed by atoms with Gasteiger partial charge in [0.25, 0.3) is 0 Å². The molecule has 0 saturated heterocycles. The van der Waals surface area contributed by atoms with Crippen LogP contribution in [-0.4, -0.2) is 33.2 Å². The van der Waals surface area contributed by atoms with Gasteiger partial charge in [-0.1, -0.05) is 58.6 Å². The molecule has 1 amide bonds. The highest BCUT2D eigenvalue weighted by Gasteiger charge is 2.21. The fourth-order valence-corrected chi connectivity index (χ4v) is 4.47. The third-order valence-electron chi connectivity index (χ3n) is 5.18. The number of carbonyl (C=O) groups is 1. The molecule has 1 aliphatic carbocycles. The predicted octanol–water partition coefficient (Wildman–Crippen LogP) is 3.98. The molecule has 27 heavy (non-hydrogen) atoms. The molecule has 1 N–H and O–H groups in total. The van der Waals surface area contributed by atoms with Gasteiger partial charge in [-0.25, -0.2) is 8.42 Å². The second-order valence-electron chi connectivity index (χ2n) is 8.64. The van der Waals surface area contributed by atoms with Gasteiger partial charge in [0.05, 0.1) is 11.9 Å². The second kappa shape index (κ2) is 9.09. The van der Waals surface area contributed by atoms with Crippen LogP contribution < -0.4 is 9.62 Å². The first-order chi connectivity index (χ1) is 12.6. The van der Waals surface area contributed by atoms with Crippen LogP contribution in [-0.2, 0) is 20.2 Å². The summed E-state index contributed by atoms with van der Waals surface area (Å²) >= 11 is 0. The van der Waals surface area contributed by atoms with Crippen molar-refractivity contribution in [2.24, 2.45) is 0 Å². The zero-order valence-corrected chi connectivity index (χ0v) is 17.9. The van der Waals surface area contributed by atoms with Gasteiger partial charge in [0.2, 0.25) is 15.9 Å². The fraction of sp³-hybridized carbons (Fsp3) is 0.667. The molecule has 0 radical (unpaired) electrons. The van der Waals surface area contributed by atoms with Crippen LogP contribution in [0.1, 0.15) is 71.3 Å². The summed E-state index contributed by atoms with van der Waals surface area (Å²) in [7, 11) is -3.45. The van der Waals surface area contributed by atoms with Gasteiger partial charge in [0, 0.05) is 19.0 Å². The van der Waals surface area contributed by atoms with E-state index >= 15 is 0 Å². The van der Waals surface area contributed by atoms with Gasteiger partial charge in [0.15, 0.2) is 0 Å². The van der Waals surface area contributed by atoms with E-state index in [1.165, 1.54) is 23.4 Å². The van der Waals surface area contributed by atoms with Gasteiger partial charge in [-0.05, 0) is 36.0 Å². The monoisotopic (exact) mass is 394 g/mol. The van der Waals surface area contributed by atoms with Gasteiger partial charge in [-0.3, -0.25) is 9.10 Å². The molecule has 1 fully saturated rings. The lowest BCUT2D eigenvalue weighted by molar-refractivity contribution is -0.121. The number of nitrogens with one attached hydrogen (secondary N) is 1. The van der Waals surface area contributed by atoms with Crippen LogP contribution >= 0.6 is 0 Å². The Kier molecular flexibility index (Phi) is 7.32. The largest absolute Gasteiger partial charge is 0.353 e. The average Bonchev–Trinajstić information content (AvgIpc) is 2.82. The molecular formula is C21H34N2O3S. The Morgan fingerprint density at radius 2 is 1.63 bits per heavy atom. The number of hydrogen-bond donors (Lipinski definition) is 1. The minimum Gasteiger partial charge on any atom is -0.353 e. The molecule has 152 valence electrons. The van der Waals surface area contributed by atoms with Crippen LogP contribution in [0.5, 0.6) is 0 Å². The molecule has 0 aliphatic heterocycles. The molecule has 1 aliphatic rings. The first kappa shape index (κ1) is 21.7. The Morgan fingerprint density at radius 3 is 2.11 bits per heavy atom. The Labute approximate surface area is 164 Å². The molecule has 0 heterocycles. The molecule has 1 aromatic carbocycles. The van der Waals surface area contributed by atoms with Crippen LogP contribution in [0.2, 0.25) is 0 Å². The van der Waals surface area contributed by atoms with E-state index in [2.05, 4.69) is 26.1 Å². The van der Waals surface area contributed by atoms with E-state index in [4.69, 9.17) is 0 Å². The maximum Gasteiger partial charge on any atom is 0.232 e. The van der Waals surface area contributed by atoms with Crippen LogP contribution in [0.15, 0.2) is 24.3 Å². The lowest BCUT2D eigenvalue weighted by Gasteiger charge is -2.25. The number of amides is 1. The zero-order chi connectivity index (χ0) is 20.1. The SMILES string of the molecule is CC(C)(C)c1ccc(N(CCC(=O)NC2CCCCCC2)S(C)(=O)=O)cc1. The summed E-state index contributed by atoms with van der Waals surface area (Å²) in [6.07, 6.45) is 8.18. The number of anilines is 1. The van der Waals surface area contributed by atoms with Crippen molar-refractivity contribution in [2.75, 3.05) is 17.1 Å². The summed E-state index contributed by atoms with van der Waals surface area (Å²) in [6.45, 7) is 6.52. The number of hydrogen-bond acceptors (Lipinski definition) is 3. The van der Waals surface area contributed by atoms with Crippen molar-refractivity contribution in [3.05, 3.63) is 29.8 Å². The predicted molar refractivity (Wildman–Crippen MR) is 112 cm³/mol. The summed E-state index contributed by atoms with van der Waals surface area (Å²) in [5, 5.41) is 3.09. The molecule has 0 bridgehead atoms. The lowest BCUT2D eigenvalue weighted by atomic mass is 9.87. The lowest BCUT2D eigenvalue weighted by Crippen LogP contribution is -2.38. The van der Waals surface area contributed by atoms with Gasteiger partial charge in [-0.2, -0.15) is 0 Å². The zero-order valence-electron chi connectivity index (χ0n) is 17.1. The molecule has 0 atom stereocenters. The Morgan fingerprint density at radius 1 is 1.07 bits per heavy atom. The first-order valence-corrected chi connectivity index (χ1v) is 11.8. The number of rotatable bonds is 6. The van der Waals surface area contributed by atoms with E-state index in [-0.39, 0.29) is 30.3 Å². The van der Waals surface area contributed by atoms with Crippen molar-refractivity contribution in [1.82, 2.24) is 5.32 Å². The maximum atomic E-state index is 12.3. The number of benzene rings is 1. The molecular weight excluding hydrogens is 360 g/mol. The van der Waals surface area contributed by atoms with E-state index < -0.39 is 10.0 Å². The Bertz CT molecular complexity index is 713. The normalized spacial score (nSPS) is 16.6. The average molecular weight is 395 g/mol. The van der Waals surface area contributed by atoms with Gasteiger partial charge < -0.3 is 5.32 Å². The maximum absolute atomic E-state index is 12.3. The van der Waals surface area contributed by atoms with Crippen LogP contribution in [0.3, 0.4) is 0 Å². The number of nitrogens with zero attached hydrogens (tertiary/aromatic N) is 1. The smallest absolute Gasteiger partial charge is 0.232 e. The quantitative estimate of drug-likeness (QED) is 0.742. The second-order valence-corrected chi connectivity index (χ2v) is 10.5. The minimum absolute atomic E-state index is 0.00699. The van der Waals surface area contributed by atoms with Crippen LogP contribution in [0.25, 0.3) is 0 Å². The van der Waals surface area contributed by atoms with Crippen molar-refractivity contribution in [2.45, 2.75) is 77.2 Å². The van der Waals surface area contributed by atoms with E-state index in [1.807, 2.05) is 24.3 Å². The molecule has 0 spiro atoms. The molecule has 1 aromatic rings. The van der Waals surface area contributed by atoms with E-state index in [9.17, 15) is 13.2 Å². The number of carbonyl (C=O) groups excluding carboxylic acids is 1. The molecule has 0 aromatic heterocycles. The van der Waals surface area contributed by atoms with Gasteiger partial charge in [0.1, 0.15) is 0 Å². The molecule has 1 saturated carbocycles. The van der Waals surface area contributed by atoms with Gasteiger partial charge >= 0.3 is 0 Å². The molecule has 2 rings (SSSR count). The van der Waals surface area contributed by atoms with Crippen molar-refractivity contribution >= 4 is 21.6 Å². The highest BCUT2D eigenvalue weighted by molar-refractivity contribution is 7.92. The summed E-state index contributed by atoms with van der Waals surface area (Å²) < 4.78 is 25.8. The Balaban J connectivity index is 2.01. The standard InChI is InChI=1S/C21H34N2O3S/c1-21(2,3)17-11-13-19(14-12-17)23(27(4,25)26)16-15-20(24)22-18-9-7-5-6-8-10-18/h11-14,18H,5-10,15-16H2,1-4H3,(H,22,24). The molecule has 6 heteroatoms. The number of sulfonamides is 1.